The fraction of sp³-hybridized carbons (Fsp3) is 0.897. The molecule has 0 aromatic heterocycles. The Labute approximate surface area is 462 Å². The number of carbonyl (C=O) groups is 3. The molecular formula is C68H128O6. The van der Waals surface area contributed by atoms with Crippen molar-refractivity contribution in [2.75, 3.05) is 13.2 Å². The highest BCUT2D eigenvalue weighted by molar-refractivity contribution is 5.71. The quantitative estimate of drug-likeness (QED) is 0.0261. The Bertz CT molecular complexity index is 1190. The van der Waals surface area contributed by atoms with Crippen LogP contribution >= 0.6 is 0 Å². The Morgan fingerprint density at radius 3 is 0.757 bits per heavy atom. The predicted octanol–water partition coefficient (Wildman–Crippen LogP) is 22.6. The number of esters is 3. The Hall–Kier alpha value is -2.11. The van der Waals surface area contributed by atoms with Gasteiger partial charge in [-0.1, -0.05) is 328 Å². The average Bonchev–Trinajstić information content (AvgIpc) is 3.40. The minimum atomic E-state index is -0.770. The van der Waals surface area contributed by atoms with E-state index in [9.17, 15) is 14.4 Å². The predicted molar refractivity (Wildman–Crippen MR) is 321 cm³/mol. The lowest BCUT2D eigenvalue weighted by molar-refractivity contribution is -0.167. The summed E-state index contributed by atoms with van der Waals surface area (Å²) in [6, 6.07) is 0. The minimum Gasteiger partial charge on any atom is -0.462 e. The number of unbranched alkanes of at least 4 members (excludes halogenated alkanes) is 47. The molecule has 0 fully saturated rings. The molecule has 0 aromatic carbocycles. The highest BCUT2D eigenvalue weighted by Gasteiger charge is 2.19. The van der Waals surface area contributed by atoms with Gasteiger partial charge in [-0.3, -0.25) is 14.4 Å². The molecule has 0 saturated heterocycles. The molecule has 6 heteroatoms. The second kappa shape index (κ2) is 63.4. The summed E-state index contributed by atoms with van der Waals surface area (Å²) in [5.41, 5.74) is 0. The van der Waals surface area contributed by atoms with Gasteiger partial charge in [0.25, 0.3) is 0 Å². The summed E-state index contributed by atoms with van der Waals surface area (Å²) in [4.78, 5) is 38.1. The summed E-state index contributed by atoms with van der Waals surface area (Å²) in [6.45, 7) is 6.65. The monoisotopic (exact) mass is 1040 g/mol. The molecule has 0 aliphatic carbocycles. The van der Waals surface area contributed by atoms with Crippen molar-refractivity contribution in [3.05, 3.63) is 24.3 Å². The Morgan fingerprint density at radius 1 is 0.270 bits per heavy atom. The number of ether oxygens (including phenoxy) is 3. The van der Waals surface area contributed by atoms with Crippen LogP contribution in [-0.2, 0) is 28.6 Å². The molecule has 0 aliphatic rings. The summed E-state index contributed by atoms with van der Waals surface area (Å²) in [7, 11) is 0. The van der Waals surface area contributed by atoms with Crippen LogP contribution in [0.5, 0.6) is 0 Å². The van der Waals surface area contributed by atoms with E-state index < -0.39 is 6.10 Å². The minimum absolute atomic E-state index is 0.0692. The van der Waals surface area contributed by atoms with Gasteiger partial charge in [0.15, 0.2) is 6.10 Å². The van der Waals surface area contributed by atoms with Crippen molar-refractivity contribution in [1.82, 2.24) is 0 Å². The molecule has 0 heterocycles. The van der Waals surface area contributed by atoms with Crippen LogP contribution in [0, 0.1) is 0 Å². The first kappa shape index (κ1) is 71.9. The first-order chi connectivity index (χ1) is 36.5. The molecule has 0 saturated carbocycles. The molecule has 0 spiro atoms. The fourth-order valence-corrected chi connectivity index (χ4v) is 10.2. The van der Waals surface area contributed by atoms with Gasteiger partial charge >= 0.3 is 17.9 Å². The zero-order valence-corrected chi connectivity index (χ0v) is 50.1. The SMILES string of the molecule is CCCCCC/C=C\C/C=C\CCCCCCCCCC(=O)OC(COC(=O)CCCCCCCCCC)COC(=O)CCCCCCCCCCCCCCCCCCCCCCCCCCCCCCCC. The molecule has 0 aromatic rings. The third-order valence-electron chi connectivity index (χ3n) is 15.2. The molecule has 74 heavy (non-hydrogen) atoms. The molecule has 6 nitrogen and oxygen atoms in total. The van der Waals surface area contributed by atoms with Gasteiger partial charge in [0.1, 0.15) is 13.2 Å². The molecule has 436 valence electrons. The second-order valence-corrected chi connectivity index (χ2v) is 22.7. The van der Waals surface area contributed by atoms with Gasteiger partial charge in [0, 0.05) is 19.3 Å². The van der Waals surface area contributed by atoms with Gasteiger partial charge in [-0.25, -0.2) is 0 Å². The number of rotatable bonds is 62. The van der Waals surface area contributed by atoms with E-state index in [4.69, 9.17) is 14.2 Å². The lowest BCUT2D eigenvalue weighted by Crippen LogP contribution is -2.30. The average molecular weight is 1040 g/mol. The van der Waals surface area contributed by atoms with E-state index in [1.54, 1.807) is 0 Å². The van der Waals surface area contributed by atoms with Crippen molar-refractivity contribution in [2.45, 2.75) is 380 Å². The standard InChI is InChI=1S/C68H128O6/c1-4-7-10-13-16-19-21-23-25-27-29-30-31-32-33-34-35-36-37-38-39-40-42-43-45-47-49-52-55-58-61-67(70)73-64-65(63-72-66(69)60-57-54-51-18-15-12-9-6-3)74-68(71)62-59-56-53-50-48-46-44-41-28-26-24-22-20-17-14-11-8-5-2/h20,22,26,28,65H,4-19,21,23-25,27,29-64H2,1-3H3/b22-20-,28-26-. The number of hydrogen-bond acceptors (Lipinski definition) is 6. The van der Waals surface area contributed by atoms with Crippen LogP contribution in [0.4, 0.5) is 0 Å². The number of hydrogen-bond donors (Lipinski definition) is 0. The maximum absolute atomic E-state index is 12.9. The Morgan fingerprint density at radius 2 is 0.486 bits per heavy atom. The first-order valence-corrected chi connectivity index (χ1v) is 33.3. The van der Waals surface area contributed by atoms with Crippen LogP contribution in [0.25, 0.3) is 0 Å². The van der Waals surface area contributed by atoms with E-state index in [1.807, 2.05) is 0 Å². The highest BCUT2D eigenvalue weighted by Crippen LogP contribution is 2.18. The molecule has 0 radical (unpaired) electrons. The fourth-order valence-electron chi connectivity index (χ4n) is 10.2. The molecule has 0 rings (SSSR count). The largest absolute Gasteiger partial charge is 0.462 e. The van der Waals surface area contributed by atoms with Crippen molar-refractivity contribution in [3.8, 4) is 0 Å². The highest BCUT2D eigenvalue weighted by atomic mass is 16.6. The van der Waals surface area contributed by atoms with Crippen molar-refractivity contribution in [2.24, 2.45) is 0 Å². The van der Waals surface area contributed by atoms with E-state index in [-0.39, 0.29) is 31.1 Å². The van der Waals surface area contributed by atoms with Crippen molar-refractivity contribution in [1.29, 1.82) is 0 Å². The molecule has 0 amide bonds. The van der Waals surface area contributed by atoms with E-state index in [2.05, 4.69) is 45.1 Å². The molecular weight excluding hydrogens is 913 g/mol. The van der Waals surface area contributed by atoms with Gasteiger partial charge in [-0.05, 0) is 51.4 Å². The summed E-state index contributed by atoms with van der Waals surface area (Å²) >= 11 is 0. The van der Waals surface area contributed by atoms with Crippen LogP contribution in [0.15, 0.2) is 24.3 Å². The van der Waals surface area contributed by atoms with Crippen LogP contribution < -0.4 is 0 Å². The Kier molecular flexibility index (Phi) is 61.6. The van der Waals surface area contributed by atoms with Crippen LogP contribution in [0.1, 0.15) is 374 Å². The van der Waals surface area contributed by atoms with E-state index in [0.29, 0.717) is 19.3 Å². The van der Waals surface area contributed by atoms with Crippen LogP contribution in [0.3, 0.4) is 0 Å². The lowest BCUT2D eigenvalue weighted by atomic mass is 10.0. The van der Waals surface area contributed by atoms with Crippen molar-refractivity contribution in [3.63, 3.8) is 0 Å². The van der Waals surface area contributed by atoms with E-state index in [0.717, 1.165) is 70.6 Å². The summed E-state index contributed by atoms with van der Waals surface area (Å²) in [5, 5.41) is 0. The second-order valence-electron chi connectivity index (χ2n) is 22.7. The van der Waals surface area contributed by atoms with Gasteiger partial charge in [-0.2, -0.15) is 0 Å². The number of allylic oxidation sites excluding steroid dienone is 4. The third kappa shape index (κ3) is 60.8. The zero-order valence-electron chi connectivity index (χ0n) is 50.1. The van der Waals surface area contributed by atoms with Gasteiger partial charge < -0.3 is 14.2 Å². The van der Waals surface area contributed by atoms with E-state index in [1.165, 1.54) is 263 Å². The molecule has 0 N–H and O–H groups in total. The maximum Gasteiger partial charge on any atom is 0.306 e. The maximum atomic E-state index is 12.9. The smallest absolute Gasteiger partial charge is 0.306 e. The Balaban J connectivity index is 4.03. The molecule has 0 aliphatic heterocycles. The van der Waals surface area contributed by atoms with Gasteiger partial charge in [0.05, 0.1) is 0 Å². The van der Waals surface area contributed by atoms with Crippen molar-refractivity contribution < 1.29 is 28.6 Å². The van der Waals surface area contributed by atoms with Gasteiger partial charge in [0.2, 0.25) is 0 Å². The zero-order chi connectivity index (χ0) is 53.6. The lowest BCUT2D eigenvalue weighted by Gasteiger charge is -2.18. The van der Waals surface area contributed by atoms with E-state index >= 15 is 0 Å². The topological polar surface area (TPSA) is 78.9 Å². The first-order valence-electron chi connectivity index (χ1n) is 33.3. The number of carbonyl (C=O) groups excluding carboxylic acids is 3. The normalized spacial score (nSPS) is 12.1. The molecule has 0 bridgehead atoms. The van der Waals surface area contributed by atoms with Crippen LogP contribution in [-0.4, -0.2) is 37.2 Å². The third-order valence-corrected chi connectivity index (χ3v) is 15.2. The summed E-state index contributed by atoms with van der Waals surface area (Å²) in [6.07, 6.45) is 76.6. The van der Waals surface area contributed by atoms with Crippen LogP contribution in [0.2, 0.25) is 0 Å². The molecule has 1 unspecified atom stereocenters. The van der Waals surface area contributed by atoms with Gasteiger partial charge in [-0.15, -0.1) is 0 Å². The van der Waals surface area contributed by atoms with Crippen molar-refractivity contribution >= 4 is 17.9 Å². The molecule has 1 atom stereocenters. The summed E-state index contributed by atoms with van der Waals surface area (Å²) in [5.74, 6) is -0.858. The summed E-state index contributed by atoms with van der Waals surface area (Å²) < 4.78 is 16.9.